The molecule has 0 aliphatic carbocycles. The second-order valence-electron chi connectivity index (χ2n) is 10.2. The van der Waals surface area contributed by atoms with Gasteiger partial charge in [-0.3, -0.25) is 29.8 Å². The number of rotatable bonds is 10. The summed E-state index contributed by atoms with van der Waals surface area (Å²) >= 11 is 0. The molecule has 1 fully saturated rings. The molecule has 0 unspecified atom stereocenters. The van der Waals surface area contributed by atoms with E-state index in [2.05, 4.69) is 4.72 Å². The number of carbonyl (C=O) groups is 2. The lowest BCUT2D eigenvalue weighted by atomic mass is 10.1. The van der Waals surface area contributed by atoms with Gasteiger partial charge in [0.15, 0.2) is 6.17 Å². The number of benzene rings is 4. The number of nitrogens with one attached hydrogen (secondary N) is 1. The van der Waals surface area contributed by atoms with E-state index < -0.39 is 60.8 Å². The normalized spacial score (nSPS) is 14.9. The molecule has 230 valence electrons. The standard InChI is InChI=1S/C30H25N5O9S/c1-19-11-13-24(14-12-19)45(43,44)31-26(15-20-7-3-2-4-8-20)30(38)33-28(25-9-5-6-10-27(25)36)32(33)29(37)21-16-22(34(39)40)18-23(17-21)35(41)42/h2-14,16-18,26,28,31,36H,15H2,1H3/t26-,28-,32?,33?/m1/s1. The lowest BCUT2D eigenvalue weighted by Gasteiger charge is -2.19. The number of carbonyl (C=O) groups excluding carboxylic acids is 2. The molecular weight excluding hydrogens is 606 g/mol. The second-order valence-corrected chi connectivity index (χ2v) is 11.9. The summed E-state index contributed by atoms with van der Waals surface area (Å²) in [6.07, 6.45) is -1.38. The highest BCUT2D eigenvalue weighted by molar-refractivity contribution is 7.89. The highest BCUT2D eigenvalue weighted by atomic mass is 32.2. The minimum Gasteiger partial charge on any atom is -0.508 e. The molecule has 1 saturated heterocycles. The van der Waals surface area contributed by atoms with Crippen molar-refractivity contribution in [2.24, 2.45) is 0 Å². The Kier molecular flexibility index (Phi) is 8.30. The van der Waals surface area contributed by atoms with Crippen molar-refractivity contribution in [2.75, 3.05) is 0 Å². The average molecular weight is 632 g/mol. The van der Waals surface area contributed by atoms with Gasteiger partial charge in [0.2, 0.25) is 10.0 Å². The summed E-state index contributed by atoms with van der Waals surface area (Å²) in [7, 11) is -4.26. The van der Waals surface area contributed by atoms with E-state index in [0.29, 0.717) is 11.6 Å². The number of nitro groups is 2. The van der Waals surface area contributed by atoms with Crippen LogP contribution in [0.4, 0.5) is 11.4 Å². The summed E-state index contributed by atoms with van der Waals surface area (Å²) in [5.41, 5.74) is -0.407. The van der Waals surface area contributed by atoms with Crippen LogP contribution in [-0.2, 0) is 21.2 Å². The summed E-state index contributed by atoms with van der Waals surface area (Å²) in [4.78, 5) is 49.0. The Morgan fingerprint density at radius 3 is 2.02 bits per heavy atom. The van der Waals surface area contributed by atoms with Gasteiger partial charge in [0, 0.05) is 17.7 Å². The van der Waals surface area contributed by atoms with E-state index in [0.717, 1.165) is 27.7 Å². The Bertz CT molecular complexity index is 1890. The van der Waals surface area contributed by atoms with Crippen molar-refractivity contribution in [3.63, 3.8) is 0 Å². The lowest BCUT2D eigenvalue weighted by molar-refractivity contribution is -0.394. The number of hydrogen-bond acceptors (Lipinski definition) is 9. The highest BCUT2D eigenvalue weighted by Gasteiger charge is 2.56. The van der Waals surface area contributed by atoms with Crippen LogP contribution in [0.15, 0.2) is 102 Å². The summed E-state index contributed by atoms with van der Waals surface area (Å²) in [6, 6.07) is 21.2. The topological polar surface area (TPSA) is 193 Å². The van der Waals surface area contributed by atoms with Crippen molar-refractivity contribution in [3.8, 4) is 5.75 Å². The van der Waals surface area contributed by atoms with Crippen molar-refractivity contribution >= 4 is 33.2 Å². The first-order chi connectivity index (χ1) is 21.4. The molecule has 0 bridgehead atoms. The SMILES string of the molecule is Cc1ccc(S(=O)(=O)N[C@H](Cc2ccccc2)C(=O)N2[C@H](c3ccccc3O)N2C(=O)c2cc([N+](=O)[O-])cc([N+](=O)[O-])c2)cc1. The van der Waals surface area contributed by atoms with Crippen LogP contribution in [0.2, 0.25) is 0 Å². The van der Waals surface area contributed by atoms with Crippen LogP contribution in [0.25, 0.3) is 0 Å². The van der Waals surface area contributed by atoms with Crippen molar-refractivity contribution in [2.45, 2.75) is 30.4 Å². The Morgan fingerprint density at radius 2 is 1.44 bits per heavy atom. The van der Waals surface area contributed by atoms with Gasteiger partial charge in [-0.25, -0.2) is 18.4 Å². The van der Waals surface area contributed by atoms with Gasteiger partial charge >= 0.3 is 0 Å². The summed E-state index contributed by atoms with van der Waals surface area (Å²) in [5, 5.41) is 35.3. The van der Waals surface area contributed by atoms with Crippen LogP contribution < -0.4 is 4.72 Å². The van der Waals surface area contributed by atoms with Crippen molar-refractivity contribution < 1.29 is 33.0 Å². The Labute approximate surface area is 256 Å². The zero-order valence-electron chi connectivity index (χ0n) is 23.5. The van der Waals surface area contributed by atoms with E-state index in [1.807, 2.05) is 0 Å². The van der Waals surface area contributed by atoms with Crippen LogP contribution in [-0.4, -0.2) is 51.2 Å². The number of amides is 2. The molecule has 0 aromatic heterocycles. The molecule has 1 aliphatic heterocycles. The largest absolute Gasteiger partial charge is 0.508 e. The van der Waals surface area contributed by atoms with E-state index in [1.165, 1.54) is 30.3 Å². The molecule has 14 nitrogen and oxygen atoms in total. The van der Waals surface area contributed by atoms with Crippen LogP contribution in [0.1, 0.15) is 33.2 Å². The smallest absolute Gasteiger partial charge is 0.277 e. The summed E-state index contributed by atoms with van der Waals surface area (Å²) in [5.74, 6) is -2.19. The number of phenolic OH excluding ortho intramolecular Hbond substituents is 1. The monoisotopic (exact) mass is 631 g/mol. The minimum absolute atomic E-state index is 0.0963. The molecule has 2 amide bonds. The van der Waals surface area contributed by atoms with E-state index in [9.17, 15) is 43.3 Å². The second kappa shape index (κ2) is 12.1. The first-order valence-corrected chi connectivity index (χ1v) is 14.9. The van der Waals surface area contributed by atoms with Gasteiger partial charge < -0.3 is 5.11 Å². The van der Waals surface area contributed by atoms with Crippen LogP contribution >= 0.6 is 0 Å². The predicted octanol–water partition coefficient (Wildman–Crippen LogP) is 4.01. The number of nitrogens with zero attached hydrogens (tertiary/aromatic N) is 4. The van der Waals surface area contributed by atoms with Gasteiger partial charge in [0.1, 0.15) is 11.8 Å². The molecule has 0 radical (unpaired) electrons. The maximum atomic E-state index is 14.2. The summed E-state index contributed by atoms with van der Waals surface area (Å²) < 4.78 is 29.2. The fourth-order valence-corrected chi connectivity index (χ4v) is 5.99. The maximum absolute atomic E-state index is 14.2. The molecule has 1 aliphatic rings. The van der Waals surface area contributed by atoms with Gasteiger partial charge in [-0.05, 0) is 37.1 Å². The van der Waals surface area contributed by atoms with Crippen LogP contribution in [0, 0.1) is 27.2 Å². The molecule has 0 saturated carbocycles. The maximum Gasteiger partial charge on any atom is 0.277 e. The molecule has 1 heterocycles. The lowest BCUT2D eigenvalue weighted by Crippen LogP contribution is -2.46. The third-order valence-corrected chi connectivity index (χ3v) is 8.56. The molecule has 4 aromatic rings. The molecule has 15 heteroatoms. The molecular formula is C30H25N5O9S. The van der Waals surface area contributed by atoms with Crippen molar-refractivity contribution in [3.05, 3.63) is 140 Å². The zero-order valence-corrected chi connectivity index (χ0v) is 24.3. The van der Waals surface area contributed by atoms with E-state index >= 15 is 0 Å². The number of hydrogen-bond donors (Lipinski definition) is 2. The van der Waals surface area contributed by atoms with Crippen LogP contribution in [0.3, 0.4) is 0 Å². The first kappa shape index (κ1) is 30.8. The number of aromatic hydroxyl groups is 1. The molecule has 45 heavy (non-hydrogen) atoms. The fraction of sp³-hybridized carbons (Fsp3) is 0.133. The number of para-hydroxylation sites is 1. The number of aryl methyl sites for hydroxylation is 1. The number of non-ortho nitro benzene ring substituents is 2. The molecule has 4 aromatic carbocycles. The first-order valence-electron chi connectivity index (χ1n) is 13.4. The Hall–Kier alpha value is -5.67. The number of phenols is 1. The predicted molar refractivity (Wildman–Crippen MR) is 159 cm³/mol. The number of nitro benzene ring substituents is 2. The van der Waals surface area contributed by atoms with Crippen molar-refractivity contribution in [1.29, 1.82) is 0 Å². The Balaban J connectivity index is 1.56. The zero-order chi connectivity index (χ0) is 32.5. The molecule has 5 rings (SSSR count). The minimum atomic E-state index is -4.26. The van der Waals surface area contributed by atoms with Gasteiger partial charge in [-0.1, -0.05) is 66.2 Å². The number of sulfonamides is 1. The van der Waals surface area contributed by atoms with Crippen LogP contribution in [0.5, 0.6) is 5.75 Å². The third-order valence-electron chi connectivity index (χ3n) is 7.07. The van der Waals surface area contributed by atoms with Gasteiger partial charge in [-0.2, -0.15) is 4.72 Å². The van der Waals surface area contributed by atoms with Crippen molar-refractivity contribution in [1.82, 2.24) is 14.7 Å². The molecule has 0 spiro atoms. The van der Waals surface area contributed by atoms with E-state index in [1.54, 1.807) is 55.5 Å². The van der Waals surface area contributed by atoms with Gasteiger partial charge in [0.05, 0.1) is 26.4 Å². The molecule has 2 atom stereocenters. The molecule has 2 N–H and O–H groups in total. The van der Waals surface area contributed by atoms with E-state index in [4.69, 9.17) is 0 Å². The third kappa shape index (κ3) is 6.48. The fourth-order valence-electron chi connectivity index (χ4n) is 4.80. The van der Waals surface area contributed by atoms with Gasteiger partial charge in [-0.15, -0.1) is 0 Å². The summed E-state index contributed by atoms with van der Waals surface area (Å²) in [6.45, 7) is 1.78. The van der Waals surface area contributed by atoms with Gasteiger partial charge in [0.25, 0.3) is 23.2 Å². The quantitative estimate of drug-likeness (QED) is 0.148. The van der Waals surface area contributed by atoms with E-state index in [-0.39, 0.29) is 22.6 Å². The highest BCUT2D eigenvalue weighted by Crippen LogP contribution is 2.46. The average Bonchev–Trinajstić information content (AvgIpc) is 3.75. The Morgan fingerprint density at radius 1 is 0.867 bits per heavy atom. The number of hydrazine groups is 1.